The molecule has 1 aromatic heterocycles. The summed E-state index contributed by atoms with van der Waals surface area (Å²) in [5.41, 5.74) is 1.93. The second kappa shape index (κ2) is 4.72. The number of aryl methyl sites for hydroxylation is 1. The predicted molar refractivity (Wildman–Crippen MR) is 70.3 cm³/mol. The summed E-state index contributed by atoms with van der Waals surface area (Å²) < 4.78 is 2.01. The molecule has 0 saturated carbocycles. The highest BCUT2D eigenvalue weighted by atomic mass is 16.1. The van der Waals surface area contributed by atoms with Crippen molar-refractivity contribution < 1.29 is 4.79 Å². The molecule has 3 heteroatoms. The molecule has 1 N–H and O–H groups in total. The lowest BCUT2D eigenvalue weighted by Crippen LogP contribution is -2.23. The number of carbonyl (C=O) groups is 1. The van der Waals surface area contributed by atoms with Crippen LogP contribution in [0.25, 0.3) is 10.9 Å². The minimum absolute atomic E-state index is 0.00538. The molecule has 1 atom stereocenters. The number of nitrogens with zero attached hydrogens (tertiary/aromatic N) is 1. The maximum Gasteiger partial charge on any atom is 0.169 e. The summed E-state index contributed by atoms with van der Waals surface area (Å²) in [6, 6.07) is 8.01. The molecule has 0 bridgehead atoms. The largest absolute Gasteiger partial charge is 0.350 e. The third-order valence-electron chi connectivity index (χ3n) is 3.12. The number of aromatic nitrogens is 1. The van der Waals surface area contributed by atoms with E-state index in [9.17, 15) is 4.79 Å². The molecule has 1 unspecified atom stereocenters. The Labute approximate surface area is 101 Å². The van der Waals surface area contributed by atoms with E-state index in [2.05, 4.69) is 5.32 Å². The summed E-state index contributed by atoms with van der Waals surface area (Å²) in [5.74, 6) is 0.210. The van der Waals surface area contributed by atoms with Crippen LogP contribution >= 0.6 is 0 Å². The van der Waals surface area contributed by atoms with Crippen molar-refractivity contribution in [1.82, 2.24) is 9.88 Å². The number of carbonyl (C=O) groups excluding carboxylic acids is 1. The van der Waals surface area contributed by atoms with Gasteiger partial charge in [-0.15, -0.1) is 0 Å². The van der Waals surface area contributed by atoms with Crippen molar-refractivity contribution in [2.24, 2.45) is 13.0 Å². The van der Waals surface area contributed by atoms with E-state index in [0.29, 0.717) is 6.54 Å². The second-order valence-corrected chi connectivity index (χ2v) is 4.49. The smallest absolute Gasteiger partial charge is 0.169 e. The first kappa shape index (κ1) is 11.9. The van der Waals surface area contributed by atoms with E-state index < -0.39 is 0 Å². The van der Waals surface area contributed by atoms with E-state index in [1.807, 2.05) is 56.0 Å². The average Bonchev–Trinajstić information content (AvgIpc) is 2.67. The lowest BCUT2D eigenvalue weighted by Gasteiger charge is -2.08. The number of hydrogen-bond acceptors (Lipinski definition) is 2. The molecule has 1 aromatic carbocycles. The van der Waals surface area contributed by atoms with Crippen molar-refractivity contribution in [2.45, 2.75) is 6.92 Å². The molecule has 90 valence electrons. The molecule has 2 aromatic rings. The summed E-state index contributed by atoms with van der Waals surface area (Å²) in [6.07, 6.45) is 1.93. The minimum Gasteiger partial charge on any atom is -0.350 e. The van der Waals surface area contributed by atoms with Gasteiger partial charge in [0.15, 0.2) is 5.78 Å². The quantitative estimate of drug-likeness (QED) is 0.817. The Bertz CT molecular complexity index is 542. The van der Waals surface area contributed by atoms with Gasteiger partial charge in [0.1, 0.15) is 0 Å². The van der Waals surface area contributed by atoms with Crippen LogP contribution in [0.4, 0.5) is 0 Å². The van der Waals surface area contributed by atoms with Crippen LogP contribution in [0.5, 0.6) is 0 Å². The SMILES string of the molecule is CNCC(C)C(=O)c1cn(C)c2ccccc12. The van der Waals surface area contributed by atoms with Crippen molar-refractivity contribution in [3.8, 4) is 0 Å². The van der Waals surface area contributed by atoms with Gasteiger partial charge in [-0.3, -0.25) is 4.79 Å². The molecule has 0 spiro atoms. The summed E-state index contributed by atoms with van der Waals surface area (Å²) in [5, 5.41) is 4.09. The summed E-state index contributed by atoms with van der Waals surface area (Å²) in [6.45, 7) is 2.67. The molecule has 1 heterocycles. The van der Waals surface area contributed by atoms with Crippen LogP contribution in [0, 0.1) is 5.92 Å². The molecule has 17 heavy (non-hydrogen) atoms. The molecule has 0 amide bonds. The fraction of sp³-hybridized carbons (Fsp3) is 0.357. The zero-order valence-corrected chi connectivity index (χ0v) is 10.5. The van der Waals surface area contributed by atoms with Gasteiger partial charge in [0.25, 0.3) is 0 Å². The Morgan fingerprint density at radius 3 is 2.82 bits per heavy atom. The van der Waals surface area contributed by atoms with Crippen LogP contribution in [0.2, 0.25) is 0 Å². The Morgan fingerprint density at radius 2 is 2.12 bits per heavy atom. The van der Waals surface area contributed by atoms with Crippen LogP contribution in [0.3, 0.4) is 0 Å². The lowest BCUT2D eigenvalue weighted by atomic mass is 9.99. The zero-order chi connectivity index (χ0) is 12.4. The van der Waals surface area contributed by atoms with Gasteiger partial charge < -0.3 is 9.88 Å². The molecule has 0 aliphatic rings. The minimum atomic E-state index is 0.00538. The first-order chi connectivity index (χ1) is 8.15. The van der Waals surface area contributed by atoms with E-state index in [4.69, 9.17) is 0 Å². The van der Waals surface area contributed by atoms with Crippen LogP contribution in [-0.4, -0.2) is 23.9 Å². The molecule has 0 aliphatic carbocycles. The van der Waals surface area contributed by atoms with E-state index >= 15 is 0 Å². The van der Waals surface area contributed by atoms with E-state index in [-0.39, 0.29) is 11.7 Å². The number of ketones is 1. The summed E-state index contributed by atoms with van der Waals surface area (Å²) in [7, 11) is 3.84. The Hall–Kier alpha value is -1.61. The summed E-state index contributed by atoms with van der Waals surface area (Å²) >= 11 is 0. The highest BCUT2D eigenvalue weighted by Gasteiger charge is 2.18. The fourth-order valence-corrected chi connectivity index (χ4v) is 2.20. The van der Waals surface area contributed by atoms with Gasteiger partial charge in [-0.1, -0.05) is 25.1 Å². The standard InChI is InChI=1S/C14H18N2O/c1-10(8-15-2)14(17)12-9-16(3)13-7-5-4-6-11(12)13/h4-7,9-10,15H,8H2,1-3H3. The maximum atomic E-state index is 12.3. The van der Waals surface area contributed by atoms with Crippen LogP contribution < -0.4 is 5.32 Å². The van der Waals surface area contributed by atoms with Gasteiger partial charge in [-0.25, -0.2) is 0 Å². The van der Waals surface area contributed by atoms with Crippen molar-refractivity contribution >= 4 is 16.7 Å². The zero-order valence-electron chi connectivity index (χ0n) is 10.5. The normalized spacial score (nSPS) is 12.9. The number of rotatable bonds is 4. The van der Waals surface area contributed by atoms with Gasteiger partial charge in [0, 0.05) is 42.2 Å². The molecule has 3 nitrogen and oxygen atoms in total. The van der Waals surface area contributed by atoms with Crippen molar-refractivity contribution in [2.75, 3.05) is 13.6 Å². The van der Waals surface area contributed by atoms with E-state index in [1.54, 1.807) is 0 Å². The first-order valence-corrected chi connectivity index (χ1v) is 5.88. The Kier molecular flexibility index (Phi) is 3.29. The number of Topliss-reactive ketones (excluding diaryl/α,β-unsaturated/α-hetero) is 1. The van der Waals surface area contributed by atoms with Crippen molar-refractivity contribution in [1.29, 1.82) is 0 Å². The molecule has 2 rings (SSSR count). The van der Waals surface area contributed by atoms with Crippen molar-refractivity contribution in [3.05, 3.63) is 36.0 Å². The van der Waals surface area contributed by atoms with Crippen LogP contribution in [-0.2, 0) is 7.05 Å². The third-order valence-corrected chi connectivity index (χ3v) is 3.12. The topological polar surface area (TPSA) is 34.0 Å². The van der Waals surface area contributed by atoms with Gasteiger partial charge in [-0.2, -0.15) is 0 Å². The highest BCUT2D eigenvalue weighted by molar-refractivity contribution is 6.09. The molecule has 0 fully saturated rings. The number of fused-ring (bicyclic) bond motifs is 1. The van der Waals surface area contributed by atoms with E-state index in [0.717, 1.165) is 16.5 Å². The maximum absolute atomic E-state index is 12.3. The lowest BCUT2D eigenvalue weighted by molar-refractivity contribution is 0.0931. The Morgan fingerprint density at radius 1 is 1.41 bits per heavy atom. The monoisotopic (exact) mass is 230 g/mol. The average molecular weight is 230 g/mol. The number of nitrogens with one attached hydrogen (secondary N) is 1. The highest BCUT2D eigenvalue weighted by Crippen LogP contribution is 2.22. The number of benzene rings is 1. The molecular formula is C14H18N2O. The number of para-hydroxylation sites is 1. The van der Waals surface area contributed by atoms with Crippen molar-refractivity contribution in [3.63, 3.8) is 0 Å². The van der Waals surface area contributed by atoms with Gasteiger partial charge in [0.2, 0.25) is 0 Å². The molecular weight excluding hydrogens is 212 g/mol. The molecule has 0 saturated heterocycles. The second-order valence-electron chi connectivity index (χ2n) is 4.49. The predicted octanol–water partition coefficient (Wildman–Crippen LogP) is 2.22. The van der Waals surface area contributed by atoms with Crippen LogP contribution in [0.15, 0.2) is 30.5 Å². The van der Waals surface area contributed by atoms with Gasteiger partial charge >= 0.3 is 0 Å². The molecule has 0 radical (unpaired) electrons. The first-order valence-electron chi connectivity index (χ1n) is 5.88. The van der Waals surface area contributed by atoms with Gasteiger partial charge in [-0.05, 0) is 13.1 Å². The third kappa shape index (κ3) is 2.11. The number of hydrogen-bond donors (Lipinski definition) is 1. The van der Waals surface area contributed by atoms with E-state index in [1.165, 1.54) is 0 Å². The summed E-state index contributed by atoms with van der Waals surface area (Å²) in [4.78, 5) is 12.3. The molecule has 0 aliphatic heterocycles. The van der Waals surface area contributed by atoms with Gasteiger partial charge in [0.05, 0.1) is 0 Å². The fourth-order valence-electron chi connectivity index (χ4n) is 2.20. The van der Waals surface area contributed by atoms with Crippen LogP contribution in [0.1, 0.15) is 17.3 Å². The Balaban J connectivity index is 2.45.